The lowest BCUT2D eigenvalue weighted by Crippen LogP contribution is -2.52. The van der Waals surface area contributed by atoms with Gasteiger partial charge in [0, 0.05) is 51.5 Å². The van der Waals surface area contributed by atoms with E-state index in [9.17, 15) is 13.6 Å². The number of carbonyl (C=O) groups excluding carboxylic acids is 1. The van der Waals surface area contributed by atoms with Gasteiger partial charge in [0.05, 0.1) is 11.9 Å². The molecule has 2 amide bonds. The van der Waals surface area contributed by atoms with E-state index in [-0.39, 0.29) is 6.03 Å². The van der Waals surface area contributed by atoms with Crippen LogP contribution in [0.2, 0.25) is 0 Å². The molecule has 1 aromatic heterocycles. The van der Waals surface area contributed by atoms with Gasteiger partial charge in [-0.2, -0.15) is 5.10 Å². The fourth-order valence-corrected chi connectivity index (χ4v) is 3.03. The van der Waals surface area contributed by atoms with Gasteiger partial charge in [-0.3, -0.25) is 4.68 Å². The number of halogens is 2. The van der Waals surface area contributed by atoms with Crippen LogP contribution >= 0.6 is 0 Å². The van der Waals surface area contributed by atoms with Crippen molar-refractivity contribution in [2.45, 2.75) is 19.9 Å². The largest absolute Gasteiger partial charge is 0.366 e. The van der Waals surface area contributed by atoms with Gasteiger partial charge in [-0.25, -0.2) is 13.6 Å². The number of benzene rings is 1. The van der Waals surface area contributed by atoms with Crippen LogP contribution in [0.1, 0.15) is 12.0 Å². The summed E-state index contributed by atoms with van der Waals surface area (Å²) in [5, 5.41) is 7.11. The highest BCUT2D eigenvalue weighted by atomic mass is 19.1. The molecular weight excluding hydrogens is 340 g/mol. The molecule has 6 nitrogen and oxygen atoms in total. The van der Waals surface area contributed by atoms with Crippen molar-refractivity contribution >= 4 is 11.7 Å². The standard InChI is InChI=1S/C18H23F2N5O/c1-14-12-22-25(13-14)6-2-5-21-18(26)24-9-7-23(8-10-24)17-4-3-15(19)11-16(17)20/h3-4,11-13H,2,5-10H2,1H3,(H,21,26). The molecule has 2 aromatic rings. The lowest BCUT2D eigenvalue weighted by Gasteiger charge is -2.36. The quantitative estimate of drug-likeness (QED) is 0.830. The maximum Gasteiger partial charge on any atom is 0.317 e. The number of nitrogens with zero attached hydrogens (tertiary/aromatic N) is 4. The maximum absolute atomic E-state index is 13.9. The minimum Gasteiger partial charge on any atom is -0.366 e. The summed E-state index contributed by atoms with van der Waals surface area (Å²) >= 11 is 0. The third-order valence-corrected chi connectivity index (χ3v) is 4.42. The van der Waals surface area contributed by atoms with Crippen LogP contribution in [0.5, 0.6) is 0 Å². The van der Waals surface area contributed by atoms with Crippen LogP contribution in [0.3, 0.4) is 0 Å². The number of hydrogen-bond acceptors (Lipinski definition) is 3. The Balaban J connectivity index is 1.40. The van der Waals surface area contributed by atoms with Gasteiger partial charge in [-0.15, -0.1) is 0 Å². The minimum atomic E-state index is -0.588. The molecule has 1 aromatic carbocycles. The van der Waals surface area contributed by atoms with Crippen LogP contribution in [0, 0.1) is 18.6 Å². The monoisotopic (exact) mass is 363 g/mol. The molecule has 1 N–H and O–H groups in total. The lowest BCUT2D eigenvalue weighted by molar-refractivity contribution is 0.194. The second-order valence-electron chi connectivity index (χ2n) is 6.44. The fourth-order valence-electron chi connectivity index (χ4n) is 3.03. The summed E-state index contributed by atoms with van der Waals surface area (Å²) in [6.07, 6.45) is 4.57. The van der Waals surface area contributed by atoms with Gasteiger partial charge in [-0.1, -0.05) is 0 Å². The van der Waals surface area contributed by atoms with Gasteiger partial charge < -0.3 is 15.1 Å². The van der Waals surface area contributed by atoms with Gasteiger partial charge in [0.15, 0.2) is 0 Å². The summed E-state index contributed by atoms with van der Waals surface area (Å²) in [7, 11) is 0. The molecule has 0 bridgehead atoms. The molecular formula is C18H23F2N5O. The molecule has 1 fully saturated rings. The molecule has 1 aliphatic rings. The molecule has 0 spiro atoms. The number of hydrogen-bond donors (Lipinski definition) is 1. The Labute approximate surface area is 151 Å². The summed E-state index contributed by atoms with van der Waals surface area (Å²) in [6.45, 7) is 5.35. The number of amides is 2. The first kappa shape index (κ1) is 18.2. The zero-order chi connectivity index (χ0) is 18.5. The molecule has 0 radical (unpaired) electrons. The first-order valence-electron chi connectivity index (χ1n) is 8.75. The van der Waals surface area contributed by atoms with Gasteiger partial charge in [-0.05, 0) is 31.0 Å². The maximum atomic E-state index is 13.9. The molecule has 0 saturated carbocycles. The molecule has 2 heterocycles. The smallest absolute Gasteiger partial charge is 0.317 e. The van der Waals surface area contributed by atoms with Gasteiger partial charge >= 0.3 is 6.03 Å². The Morgan fingerprint density at radius 1 is 1.23 bits per heavy atom. The second kappa shape index (κ2) is 8.16. The average Bonchev–Trinajstić information content (AvgIpc) is 3.04. The predicted octanol–water partition coefficient (Wildman–Crippen LogP) is 2.39. The van der Waals surface area contributed by atoms with Crippen LogP contribution in [0.15, 0.2) is 30.6 Å². The van der Waals surface area contributed by atoms with Crippen LogP contribution in [-0.2, 0) is 6.54 Å². The Kier molecular flexibility index (Phi) is 5.70. The summed E-state index contributed by atoms with van der Waals surface area (Å²) < 4.78 is 28.7. The number of piperazine rings is 1. The Bertz CT molecular complexity index is 756. The molecule has 1 saturated heterocycles. The zero-order valence-corrected chi connectivity index (χ0v) is 14.8. The summed E-state index contributed by atoms with van der Waals surface area (Å²) in [5.74, 6) is -1.16. The topological polar surface area (TPSA) is 53.4 Å². The van der Waals surface area contributed by atoms with Crippen LogP contribution in [0.25, 0.3) is 0 Å². The molecule has 26 heavy (non-hydrogen) atoms. The number of nitrogens with one attached hydrogen (secondary N) is 1. The molecule has 0 atom stereocenters. The van der Waals surface area contributed by atoms with Gasteiger partial charge in [0.2, 0.25) is 0 Å². The van der Waals surface area contributed by atoms with E-state index in [1.165, 1.54) is 12.1 Å². The summed E-state index contributed by atoms with van der Waals surface area (Å²) in [4.78, 5) is 15.8. The van der Waals surface area contributed by atoms with E-state index in [1.54, 1.807) is 4.90 Å². The molecule has 0 unspecified atom stereocenters. The van der Waals surface area contributed by atoms with E-state index in [2.05, 4.69) is 10.4 Å². The highest BCUT2D eigenvalue weighted by Crippen LogP contribution is 2.21. The Hall–Kier alpha value is -2.64. The lowest BCUT2D eigenvalue weighted by atomic mass is 10.2. The van der Waals surface area contributed by atoms with E-state index in [4.69, 9.17) is 0 Å². The molecule has 1 aliphatic heterocycles. The van der Waals surface area contributed by atoms with Crippen molar-refractivity contribution in [3.05, 3.63) is 47.8 Å². The molecule has 0 aliphatic carbocycles. The number of carbonyl (C=O) groups is 1. The first-order valence-corrected chi connectivity index (χ1v) is 8.75. The van der Waals surface area contributed by atoms with Crippen LogP contribution < -0.4 is 10.2 Å². The van der Waals surface area contributed by atoms with Crippen molar-refractivity contribution in [1.82, 2.24) is 20.0 Å². The van der Waals surface area contributed by atoms with Crippen LogP contribution in [-0.4, -0.2) is 53.4 Å². The number of aryl methyl sites for hydroxylation is 2. The third-order valence-electron chi connectivity index (χ3n) is 4.42. The zero-order valence-electron chi connectivity index (χ0n) is 14.8. The first-order chi connectivity index (χ1) is 12.5. The van der Waals surface area contributed by atoms with E-state index >= 15 is 0 Å². The number of aromatic nitrogens is 2. The second-order valence-corrected chi connectivity index (χ2v) is 6.44. The van der Waals surface area contributed by atoms with Crippen molar-refractivity contribution in [2.24, 2.45) is 0 Å². The predicted molar refractivity (Wildman–Crippen MR) is 95.1 cm³/mol. The van der Waals surface area contributed by atoms with Crippen molar-refractivity contribution < 1.29 is 13.6 Å². The number of urea groups is 1. The normalized spacial score (nSPS) is 14.6. The SMILES string of the molecule is Cc1cnn(CCCNC(=O)N2CCN(c3ccc(F)cc3F)CC2)c1. The number of rotatable bonds is 5. The van der Waals surface area contributed by atoms with Crippen molar-refractivity contribution in [1.29, 1.82) is 0 Å². The van der Waals surface area contributed by atoms with E-state index in [0.717, 1.165) is 24.6 Å². The fraction of sp³-hybridized carbons (Fsp3) is 0.444. The highest BCUT2D eigenvalue weighted by Gasteiger charge is 2.22. The van der Waals surface area contributed by atoms with Crippen molar-refractivity contribution in [3.63, 3.8) is 0 Å². The van der Waals surface area contributed by atoms with Crippen LogP contribution in [0.4, 0.5) is 19.3 Å². The van der Waals surface area contributed by atoms with E-state index in [0.29, 0.717) is 38.4 Å². The number of anilines is 1. The average molecular weight is 363 g/mol. The minimum absolute atomic E-state index is 0.110. The van der Waals surface area contributed by atoms with Gasteiger partial charge in [0.25, 0.3) is 0 Å². The van der Waals surface area contributed by atoms with E-state index in [1.807, 2.05) is 28.9 Å². The van der Waals surface area contributed by atoms with Crippen molar-refractivity contribution in [3.8, 4) is 0 Å². The Morgan fingerprint density at radius 3 is 2.65 bits per heavy atom. The summed E-state index contributed by atoms with van der Waals surface area (Å²) in [6, 6.07) is 3.46. The molecule has 140 valence electrons. The van der Waals surface area contributed by atoms with E-state index < -0.39 is 11.6 Å². The Morgan fingerprint density at radius 2 is 2.00 bits per heavy atom. The third kappa shape index (κ3) is 4.50. The molecule has 8 heteroatoms. The summed E-state index contributed by atoms with van der Waals surface area (Å²) in [5.41, 5.74) is 1.49. The highest BCUT2D eigenvalue weighted by molar-refractivity contribution is 5.74. The van der Waals surface area contributed by atoms with Gasteiger partial charge in [0.1, 0.15) is 11.6 Å². The molecule has 3 rings (SSSR count). The van der Waals surface area contributed by atoms with Crippen molar-refractivity contribution in [2.75, 3.05) is 37.6 Å².